The van der Waals surface area contributed by atoms with E-state index >= 15 is 0 Å². The van der Waals surface area contributed by atoms with Crippen LogP contribution in [0.15, 0.2) is 72.8 Å². The number of amides is 1. The maximum atomic E-state index is 11.3. The number of rotatable bonds is 7. The number of piperazine rings is 1. The summed E-state index contributed by atoms with van der Waals surface area (Å²) < 4.78 is 5.63. The van der Waals surface area contributed by atoms with Crippen molar-refractivity contribution in [3.63, 3.8) is 0 Å². The molecule has 0 spiro atoms. The van der Waals surface area contributed by atoms with Crippen molar-refractivity contribution in [3.05, 3.63) is 83.9 Å². The Morgan fingerprint density at radius 3 is 2.25 bits per heavy atom. The van der Waals surface area contributed by atoms with Crippen LogP contribution in [-0.2, 0) is 0 Å². The molecule has 1 aliphatic rings. The third kappa shape index (κ3) is 4.94. The first-order valence-corrected chi connectivity index (χ1v) is 11.3. The van der Waals surface area contributed by atoms with E-state index in [0.717, 1.165) is 37.6 Å². The predicted octanol–water partition coefficient (Wildman–Crippen LogP) is 4.73. The van der Waals surface area contributed by atoms with Crippen LogP contribution in [0.1, 0.15) is 35.8 Å². The Morgan fingerprint density at radius 2 is 1.62 bits per heavy atom. The number of benzene rings is 3. The number of ether oxygens (including phenoxy) is 1. The van der Waals surface area contributed by atoms with Gasteiger partial charge in [-0.05, 0) is 66.9 Å². The highest BCUT2D eigenvalue weighted by Crippen LogP contribution is 2.28. The number of anilines is 1. The molecule has 0 saturated carbocycles. The molecule has 1 heterocycles. The largest absolute Gasteiger partial charge is 0.494 e. The number of nitrogens with two attached hydrogens (primary N) is 1. The number of primary amides is 1. The van der Waals surface area contributed by atoms with Gasteiger partial charge >= 0.3 is 0 Å². The molecule has 0 radical (unpaired) electrons. The molecule has 1 unspecified atom stereocenters. The Balaban J connectivity index is 1.37. The smallest absolute Gasteiger partial charge is 0.248 e. The van der Waals surface area contributed by atoms with E-state index in [2.05, 4.69) is 53.1 Å². The molecule has 2 N–H and O–H groups in total. The van der Waals surface area contributed by atoms with E-state index in [1.54, 1.807) is 12.1 Å². The van der Waals surface area contributed by atoms with E-state index in [-0.39, 0.29) is 5.91 Å². The lowest BCUT2D eigenvalue weighted by Crippen LogP contribution is -2.47. The second-order valence-corrected chi connectivity index (χ2v) is 8.19. The van der Waals surface area contributed by atoms with Crippen molar-refractivity contribution >= 4 is 11.6 Å². The van der Waals surface area contributed by atoms with E-state index in [4.69, 9.17) is 10.5 Å². The summed E-state index contributed by atoms with van der Waals surface area (Å²) in [4.78, 5) is 16.2. The highest BCUT2D eigenvalue weighted by molar-refractivity contribution is 5.93. The molecule has 1 fully saturated rings. The summed E-state index contributed by atoms with van der Waals surface area (Å²) in [5, 5.41) is 0. The van der Waals surface area contributed by atoms with E-state index in [1.807, 2.05) is 31.2 Å². The molecule has 32 heavy (non-hydrogen) atoms. The van der Waals surface area contributed by atoms with Crippen LogP contribution in [0.3, 0.4) is 0 Å². The molecular formula is C27H31N3O2. The van der Waals surface area contributed by atoms with Crippen LogP contribution in [0.4, 0.5) is 5.69 Å². The molecule has 3 aromatic rings. The lowest BCUT2D eigenvalue weighted by Gasteiger charge is -2.39. The molecule has 5 heteroatoms. The quantitative estimate of drug-likeness (QED) is 0.590. The number of hydrogen-bond acceptors (Lipinski definition) is 4. The standard InChI is InChI=1S/C27H31N3O2/c1-3-32-26-6-4-5-24(19-26)22-9-7-21(8-10-22)20(2)29-15-17-30(18-16-29)25-13-11-23(12-14-25)27(28)31/h4-14,19-20H,3,15-18H2,1-2H3,(H2,28,31). The Kier molecular flexibility index (Phi) is 6.76. The van der Waals surface area contributed by atoms with Crippen molar-refractivity contribution < 1.29 is 9.53 Å². The lowest BCUT2D eigenvalue weighted by molar-refractivity contribution is 0.100. The first-order chi connectivity index (χ1) is 15.5. The lowest BCUT2D eigenvalue weighted by atomic mass is 10.00. The minimum absolute atomic E-state index is 0.359. The summed E-state index contributed by atoms with van der Waals surface area (Å²) in [6, 6.07) is 25.1. The van der Waals surface area contributed by atoms with E-state index in [1.165, 1.54) is 16.7 Å². The van der Waals surface area contributed by atoms with Crippen LogP contribution in [0.5, 0.6) is 5.75 Å². The van der Waals surface area contributed by atoms with Gasteiger partial charge in [0.15, 0.2) is 0 Å². The number of carbonyl (C=O) groups is 1. The molecule has 5 nitrogen and oxygen atoms in total. The highest BCUT2D eigenvalue weighted by atomic mass is 16.5. The summed E-state index contributed by atoms with van der Waals surface area (Å²) in [6.07, 6.45) is 0. The third-order valence-corrected chi connectivity index (χ3v) is 6.25. The van der Waals surface area contributed by atoms with Crippen LogP contribution in [0, 0.1) is 0 Å². The van der Waals surface area contributed by atoms with Crippen LogP contribution in [0.2, 0.25) is 0 Å². The fourth-order valence-electron chi connectivity index (χ4n) is 4.30. The summed E-state index contributed by atoms with van der Waals surface area (Å²) in [5.41, 5.74) is 10.7. The molecule has 0 aliphatic carbocycles. The van der Waals surface area contributed by atoms with Crippen molar-refractivity contribution in [1.29, 1.82) is 0 Å². The van der Waals surface area contributed by atoms with Gasteiger partial charge in [-0.25, -0.2) is 0 Å². The molecule has 1 aliphatic heterocycles. The molecule has 1 atom stereocenters. The average Bonchev–Trinajstić information content (AvgIpc) is 2.84. The molecule has 3 aromatic carbocycles. The van der Waals surface area contributed by atoms with Gasteiger partial charge in [0.2, 0.25) is 5.91 Å². The fraction of sp³-hybridized carbons (Fsp3) is 0.296. The first kappa shape index (κ1) is 21.9. The first-order valence-electron chi connectivity index (χ1n) is 11.3. The zero-order valence-electron chi connectivity index (χ0n) is 18.8. The SMILES string of the molecule is CCOc1cccc(-c2ccc(C(C)N3CCN(c4ccc(C(N)=O)cc4)CC3)cc2)c1. The van der Waals surface area contributed by atoms with E-state index in [9.17, 15) is 4.79 Å². The van der Waals surface area contributed by atoms with Gasteiger partial charge in [0.1, 0.15) is 5.75 Å². The minimum Gasteiger partial charge on any atom is -0.494 e. The molecule has 0 bridgehead atoms. The molecule has 1 saturated heterocycles. The predicted molar refractivity (Wildman–Crippen MR) is 130 cm³/mol. The second kappa shape index (κ2) is 9.88. The van der Waals surface area contributed by atoms with Gasteiger partial charge in [0.25, 0.3) is 0 Å². The highest BCUT2D eigenvalue weighted by Gasteiger charge is 2.22. The normalized spacial score (nSPS) is 15.4. The van der Waals surface area contributed by atoms with Gasteiger partial charge in [-0.15, -0.1) is 0 Å². The van der Waals surface area contributed by atoms with Crippen molar-refractivity contribution in [2.45, 2.75) is 19.9 Å². The molecule has 0 aromatic heterocycles. The summed E-state index contributed by atoms with van der Waals surface area (Å²) in [5.74, 6) is 0.521. The zero-order valence-corrected chi connectivity index (χ0v) is 18.8. The second-order valence-electron chi connectivity index (χ2n) is 8.19. The summed E-state index contributed by atoms with van der Waals surface area (Å²) in [7, 11) is 0. The van der Waals surface area contributed by atoms with Gasteiger partial charge < -0.3 is 15.4 Å². The Bertz CT molecular complexity index is 1040. The molecule has 166 valence electrons. The van der Waals surface area contributed by atoms with Crippen LogP contribution >= 0.6 is 0 Å². The maximum Gasteiger partial charge on any atom is 0.248 e. The maximum absolute atomic E-state index is 11.3. The van der Waals surface area contributed by atoms with Crippen molar-refractivity contribution in [1.82, 2.24) is 4.90 Å². The Hall–Kier alpha value is -3.31. The van der Waals surface area contributed by atoms with Crippen molar-refractivity contribution in [2.75, 3.05) is 37.7 Å². The van der Waals surface area contributed by atoms with Gasteiger partial charge in [-0.3, -0.25) is 9.69 Å². The number of carbonyl (C=O) groups excluding carboxylic acids is 1. The Morgan fingerprint density at radius 1 is 0.938 bits per heavy atom. The fourth-order valence-corrected chi connectivity index (χ4v) is 4.30. The van der Waals surface area contributed by atoms with Crippen molar-refractivity contribution in [3.8, 4) is 16.9 Å². The van der Waals surface area contributed by atoms with Crippen LogP contribution in [-0.4, -0.2) is 43.6 Å². The van der Waals surface area contributed by atoms with Crippen LogP contribution < -0.4 is 15.4 Å². The summed E-state index contributed by atoms with van der Waals surface area (Å²) >= 11 is 0. The molecule has 1 amide bonds. The molecular weight excluding hydrogens is 398 g/mol. The van der Waals surface area contributed by atoms with Gasteiger partial charge in [-0.2, -0.15) is 0 Å². The Labute approximate surface area is 190 Å². The number of hydrogen-bond donors (Lipinski definition) is 1. The topological polar surface area (TPSA) is 58.8 Å². The van der Waals surface area contributed by atoms with Gasteiger partial charge in [-0.1, -0.05) is 36.4 Å². The molecule has 4 rings (SSSR count). The average molecular weight is 430 g/mol. The number of nitrogens with zero attached hydrogens (tertiary/aromatic N) is 2. The summed E-state index contributed by atoms with van der Waals surface area (Å²) in [6.45, 7) is 8.87. The zero-order chi connectivity index (χ0) is 22.5. The third-order valence-electron chi connectivity index (χ3n) is 6.25. The van der Waals surface area contributed by atoms with Crippen LogP contribution in [0.25, 0.3) is 11.1 Å². The minimum atomic E-state index is -0.386. The monoisotopic (exact) mass is 429 g/mol. The van der Waals surface area contributed by atoms with E-state index in [0.29, 0.717) is 18.2 Å². The van der Waals surface area contributed by atoms with E-state index < -0.39 is 0 Å². The van der Waals surface area contributed by atoms with Gasteiger partial charge in [0.05, 0.1) is 6.61 Å². The van der Waals surface area contributed by atoms with Crippen molar-refractivity contribution in [2.24, 2.45) is 5.73 Å². The van der Waals surface area contributed by atoms with Gasteiger partial charge in [0, 0.05) is 43.5 Å².